The maximum Gasteiger partial charge on any atom is 0.332 e. The van der Waals surface area contributed by atoms with Crippen LogP contribution in [0.4, 0.5) is 5.69 Å². The molecular weight excluding hydrogens is 524 g/mol. The van der Waals surface area contributed by atoms with E-state index < -0.39 is 30.2 Å². The van der Waals surface area contributed by atoms with Gasteiger partial charge < -0.3 is 19.7 Å². The number of carbonyl (C=O) groups is 2. The first-order valence-corrected chi connectivity index (χ1v) is 12.5. The van der Waals surface area contributed by atoms with Crippen LogP contribution in [0.3, 0.4) is 0 Å². The van der Waals surface area contributed by atoms with Gasteiger partial charge in [0.2, 0.25) is 11.8 Å². The van der Waals surface area contributed by atoms with Crippen LogP contribution in [0.25, 0.3) is 10.9 Å². The molecule has 3 aromatic carbocycles. The number of hydrogen-bond donors (Lipinski definition) is 1. The van der Waals surface area contributed by atoms with Gasteiger partial charge in [-0.25, -0.2) is 4.79 Å². The van der Waals surface area contributed by atoms with Gasteiger partial charge >= 0.3 is 5.69 Å². The summed E-state index contributed by atoms with van der Waals surface area (Å²) in [5.74, 6) is -0.252. The molecule has 0 fully saturated rings. The quantitative estimate of drug-likeness (QED) is 0.380. The number of methoxy groups -OCH3 is 2. The van der Waals surface area contributed by atoms with Crippen molar-refractivity contribution < 1.29 is 19.1 Å². The molecule has 0 atom stereocenters. The van der Waals surface area contributed by atoms with Crippen molar-refractivity contribution in [1.29, 1.82) is 0 Å². The minimum Gasteiger partial charge on any atom is -0.495 e. The number of para-hydroxylation sites is 1. The summed E-state index contributed by atoms with van der Waals surface area (Å²) in [4.78, 5) is 54.7. The summed E-state index contributed by atoms with van der Waals surface area (Å²) in [6.45, 7) is -0.0594. The lowest BCUT2D eigenvalue weighted by Crippen LogP contribution is -2.45. The number of halogens is 1. The first kappa shape index (κ1) is 26.1. The summed E-state index contributed by atoms with van der Waals surface area (Å²) < 4.78 is 12.6. The molecule has 2 amide bonds. The van der Waals surface area contributed by atoms with Crippen LogP contribution in [-0.4, -0.2) is 40.1 Å². The number of aromatic nitrogens is 2. The molecule has 4 aromatic rings. The van der Waals surface area contributed by atoms with Crippen LogP contribution < -0.4 is 26.0 Å². The molecule has 0 saturated carbocycles. The number of amides is 2. The number of fused-ring (bicyclic) bond motifs is 2. The third kappa shape index (κ3) is 4.98. The van der Waals surface area contributed by atoms with Crippen LogP contribution in [0.2, 0.25) is 5.02 Å². The number of nitrogens with zero attached hydrogens (tertiary/aromatic N) is 3. The highest BCUT2D eigenvalue weighted by Crippen LogP contribution is 2.35. The fourth-order valence-corrected chi connectivity index (χ4v) is 4.94. The Balaban J connectivity index is 1.46. The lowest BCUT2D eigenvalue weighted by molar-refractivity contribution is -0.132. The molecule has 39 heavy (non-hydrogen) atoms. The van der Waals surface area contributed by atoms with Crippen molar-refractivity contribution in [3.63, 3.8) is 0 Å². The summed E-state index contributed by atoms with van der Waals surface area (Å²) in [5.41, 5.74) is 1.25. The maximum absolute atomic E-state index is 13.5. The third-order valence-corrected chi connectivity index (χ3v) is 6.96. The molecule has 5 rings (SSSR count). The van der Waals surface area contributed by atoms with Gasteiger partial charge in [-0.15, -0.1) is 0 Å². The standard InChI is InChI=1S/C28H25ClN4O6/c1-38-23-12-24(39-2)21(11-20(23)29)30-25(34)15-32-22-10-6-5-9-19(22)27(36)33(28(32)37)16-26(35)31-13-17-7-3-4-8-18(17)14-31/h3-12H,13-16H2,1-2H3,(H,30,34). The summed E-state index contributed by atoms with van der Waals surface area (Å²) in [6, 6.07) is 17.2. The minimum atomic E-state index is -0.765. The van der Waals surface area contributed by atoms with E-state index >= 15 is 0 Å². The molecule has 0 aliphatic carbocycles. The summed E-state index contributed by atoms with van der Waals surface area (Å²) in [6.07, 6.45) is 0. The zero-order chi connectivity index (χ0) is 27.7. The number of ether oxygens (including phenoxy) is 2. The second kappa shape index (κ2) is 10.7. The summed E-state index contributed by atoms with van der Waals surface area (Å²) >= 11 is 6.21. The minimum absolute atomic E-state index is 0.215. The molecule has 10 nitrogen and oxygen atoms in total. The number of benzene rings is 3. The average molecular weight is 549 g/mol. The Bertz CT molecular complexity index is 1700. The Morgan fingerprint density at radius 3 is 2.18 bits per heavy atom. The molecule has 11 heteroatoms. The van der Waals surface area contributed by atoms with E-state index in [9.17, 15) is 19.2 Å². The van der Waals surface area contributed by atoms with Gasteiger partial charge in [0, 0.05) is 19.2 Å². The van der Waals surface area contributed by atoms with E-state index in [4.69, 9.17) is 21.1 Å². The van der Waals surface area contributed by atoms with Crippen molar-refractivity contribution in [3.8, 4) is 11.5 Å². The first-order chi connectivity index (χ1) is 18.8. The zero-order valence-corrected chi connectivity index (χ0v) is 22.0. The van der Waals surface area contributed by atoms with Gasteiger partial charge in [-0.05, 0) is 29.3 Å². The van der Waals surface area contributed by atoms with Crippen molar-refractivity contribution in [2.45, 2.75) is 26.2 Å². The molecule has 1 aliphatic heterocycles. The molecule has 0 radical (unpaired) electrons. The van der Waals surface area contributed by atoms with Gasteiger partial charge in [-0.1, -0.05) is 48.0 Å². The molecule has 1 N–H and O–H groups in total. The van der Waals surface area contributed by atoms with E-state index in [1.54, 1.807) is 29.2 Å². The second-order valence-electron chi connectivity index (χ2n) is 9.03. The predicted octanol–water partition coefficient (Wildman–Crippen LogP) is 3.01. The zero-order valence-electron chi connectivity index (χ0n) is 21.3. The highest BCUT2D eigenvalue weighted by Gasteiger charge is 2.25. The molecule has 0 spiro atoms. The topological polar surface area (TPSA) is 112 Å². The van der Waals surface area contributed by atoms with Gasteiger partial charge in [0.15, 0.2) is 0 Å². The maximum atomic E-state index is 13.5. The molecule has 0 saturated heterocycles. The Hall–Kier alpha value is -4.57. The lowest BCUT2D eigenvalue weighted by atomic mass is 10.1. The third-order valence-electron chi connectivity index (χ3n) is 6.67. The fraction of sp³-hybridized carbons (Fsp3) is 0.214. The lowest BCUT2D eigenvalue weighted by Gasteiger charge is -2.18. The van der Waals surface area contributed by atoms with E-state index in [1.165, 1.54) is 30.9 Å². The normalized spacial score (nSPS) is 12.3. The van der Waals surface area contributed by atoms with Gasteiger partial charge in [0.1, 0.15) is 24.6 Å². The first-order valence-electron chi connectivity index (χ1n) is 12.1. The highest BCUT2D eigenvalue weighted by atomic mass is 35.5. The van der Waals surface area contributed by atoms with Crippen LogP contribution in [-0.2, 0) is 35.8 Å². The number of rotatable bonds is 7. The van der Waals surface area contributed by atoms with Gasteiger partial charge in [0.05, 0.1) is 35.8 Å². The average Bonchev–Trinajstić information content (AvgIpc) is 3.38. The monoisotopic (exact) mass is 548 g/mol. The van der Waals surface area contributed by atoms with Crippen LogP contribution in [0, 0.1) is 0 Å². The van der Waals surface area contributed by atoms with Crippen LogP contribution in [0.15, 0.2) is 70.3 Å². The molecule has 0 unspecified atom stereocenters. The summed E-state index contributed by atoms with van der Waals surface area (Å²) in [7, 11) is 2.89. The van der Waals surface area contributed by atoms with Crippen molar-refractivity contribution in [1.82, 2.24) is 14.0 Å². The van der Waals surface area contributed by atoms with Gasteiger partial charge in [-0.3, -0.25) is 23.5 Å². The number of anilines is 1. The van der Waals surface area contributed by atoms with E-state index in [-0.39, 0.29) is 27.5 Å². The SMILES string of the molecule is COc1cc(OC)c(NC(=O)Cn2c(=O)n(CC(=O)N3Cc4ccccc4C3)c(=O)c3ccccc32)cc1Cl. The smallest absolute Gasteiger partial charge is 0.332 e. The van der Waals surface area contributed by atoms with E-state index in [1.807, 2.05) is 24.3 Å². The van der Waals surface area contributed by atoms with E-state index in [0.717, 1.165) is 15.7 Å². The molecule has 1 aromatic heterocycles. The number of hydrogen-bond acceptors (Lipinski definition) is 6. The largest absolute Gasteiger partial charge is 0.495 e. The van der Waals surface area contributed by atoms with E-state index in [2.05, 4.69) is 5.32 Å². The van der Waals surface area contributed by atoms with Crippen molar-refractivity contribution >= 4 is 40.0 Å². The number of nitrogens with one attached hydrogen (secondary N) is 1. The fourth-order valence-electron chi connectivity index (χ4n) is 4.70. The molecular formula is C28H25ClN4O6. The van der Waals surface area contributed by atoms with Crippen LogP contribution in [0.1, 0.15) is 11.1 Å². The van der Waals surface area contributed by atoms with Crippen molar-refractivity contribution in [2.75, 3.05) is 19.5 Å². The number of carbonyl (C=O) groups excluding carboxylic acids is 2. The predicted molar refractivity (Wildman–Crippen MR) is 146 cm³/mol. The van der Waals surface area contributed by atoms with Crippen LogP contribution in [0.5, 0.6) is 11.5 Å². The van der Waals surface area contributed by atoms with Crippen molar-refractivity contribution in [2.24, 2.45) is 0 Å². The molecule has 0 bridgehead atoms. The highest BCUT2D eigenvalue weighted by molar-refractivity contribution is 6.32. The molecule has 1 aliphatic rings. The van der Waals surface area contributed by atoms with Gasteiger partial charge in [0.25, 0.3) is 5.56 Å². The second-order valence-corrected chi connectivity index (χ2v) is 9.44. The van der Waals surface area contributed by atoms with Crippen LogP contribution >= 0.6 is 11.6 Å². The summed E-state index contributed by atoms with van der Waals surface area (Å²) in [5, 5.41) is 3.17. The molecule has 200 valence electrons. The Morgan fingerprint density at radius 2 is 1.51 bits per heavy atom. The van der Waals surface area contributed by atoms with Crippen molar-refractivity contribution in [3.05, 3.63) is 97.7 Å². The van der Waals surface area contributed by atoms with E-state index in [0.29, 0.717) is 24.6 Å². The Morgan fingerprint density at radius 1 is 0.872 bits per heavy atom. The molecule has 2 heterocycles. The Labute approximate surface area is 227 Å². The Kier molecular flexibility index (Phi) is 7.12. The van der Waals surface area contributed by atoms with Gasteiger partial charge in [-0.2, -0.15) is 0 Å².